The van der Waals surface area contributed by atoms with Crippen LogP contribution in [0, 0.1) is 0 Å². The number of aromatic nitrogens is 1. The second kappa shape index (κ2) is 23.0. The molecule has 20 nitrogen and oxygen atoms in total. The lowest BCUT2D eigenvalue weighted by atomic mass is 10.1. The highest BCUT2D eigenvalue weighted by Gasteiger charge is 2.43. The Hall–Kier alpha value is -4.90. The van der Waals surface area contributed by atoms with Crippen molar-refractivity contribution >= 4 is 79.8 Å². The summed E-state index contributed by atoms with van der Waals surface area (Å²) in [6.45, 7) is 4.76. The summed E-state index contributed by atoms with van der Waals surface area (Å²) in [7, 11) is 4.63. The third-order valence-electron chi connectivity index (χ3n) is 11.2. The number of carboxylic acid groups (broad SMARTS) is 1. The summed E-state index contributed by atoms with van der Waals surface area (Å²) in [6, 6.07) is 1.40. The summed E-state index contributed by atoms with van der Waals surface area (Å²) in [4.78, 5) is 110. The van der Waals surface area contributed by atoms with Gasteiger partial charge in [0.1, 0.15) is 43.3 Å². The van der Waals surface area contributed by atoms with Crippen LogP contribution in [-0.4, -0.2) is 168 Å². The molecule has 62 heavy (non-hydrogen) atoms. The van der Waals surface area contributed by atoms with Gasteiger partial charge in [0, 0.05) is 53.6 Å². The van der Waals surface area contributed by atoms with Crippen LogP contribution in [0.2, 0.25) is 0 Å². The largest absolute Gasteiger partial charge is 0.481 e. The molecular weight excluding hydrogens is 847 g/mol. The number of carboxylic acids is 1. The topological polar surface area (TPSA) is 280 Å². The molecule has 0 spiro atoms. The fourth-order valence-electron chi connectivity index (χ4n) is 7.57. The number of quaternary nitrogens is 1. The number of likely N-dealkylation sites (N-methyl/N-ethyl adjacent to an activating group) is 1. The number of amides is 7. The molecule has 340 valence electrons. The van der Waals surface area contributed by atoms with Crippen LogP contribution in [0.15, 0.2) is 30.5 Å². The van der Waals surface area contributed by atoms with Crippen LogP contribution in [0.4, 0.5) is 0 Å². The molecule has 3 saturated heterocycles. The number of nitrogens with one attached hydrogen (secondary N) is 6. The molecule has 9 N–H and O–H groups in total. The van der Waals surface area contributed by atoms with E-state index in [1.54, 1.807) is 0 Å². The Labute approximate surface area is 367 Å². The Morgan fingerprint density at radius 2 is 1.69 bits per heavy atom. The van der Waals surface area contributed by atoms with Crippen molar-refractivity contribution in [2.75, 3.05) is 64.5 Å². The number of ether oxygens (including phenoxy) is 2. The molecule has 0 aliphatic carbocycles. The van der Waals surface area contributed by atoms with Crippen LogP contribution in [0.1, 0.15) is 51.0 Å². The zero-order chi connectivity index (χ0) is 44.8. The summed E-state index contributed by atoms with van der Waals surface area (Å²) in [5, 5.41) is 23.2. The number of hydrogen-bond donors (Lipinski definition) is 8. The van der Waals surface area contributed by atoms with E-state index in [2.05, 4.69) is 38.6 Å². The first kappa shape index (κ1) is 48.1. The molecule has 5 rings (SSSR count). The van der Waals surface area contributed by atoms with Crippen LogP contribution < -0.4 is 32.3 Å². The summed E-state index contributed by atoms with van der Waals surface area (Å²) >= 11 is 0. The van der Waals surface area contributed by atoms with Crippen LogP contribution in [-0.2, 0) is 54.4 Å². The van der Waals surface area contributed by atoms with Crippen LogP contribution in [0.3, 0.4) is 0 Å². The zero-order valence-corrected chi connectivity index (χ0v) is 36.6. The van der Waals surface area contributed by atoms with Crippen LogP contribution in [0.5, 0.6) is 0 Å². The van der Waals surface area contributed by atoms with Crippen LogP contribution >= 0.6 is 21.6 Å². The van der Waals surface area contributed by atoms with Gasteiger partial charge < -0.3 is 61.3 Å². The predicted octanol–water partition coefficient (Wildman–Crippen LogP) is -0.878. The van der Waals surface area contributed by atoms with Gasteiger partial charge in [0.2, 0.25) is 41.4 Å². The first-order chi connectivity index (χ1) is 29.6. The number of rotatable bonds is 11. The normalized spacial score (nSPS) is 26.4. The molecular formula is C40H58N9O11S2+. The molecule has 2 aromatic rings. The van der Waals surface area contributed by atoms with Crippen molar-refractivity contribution in [3.63, 3.8) is 0 Å². The van der Waals surface area contributed by atoms with Gasteiger partial charge in [0.25, 0.3) is 0 Å². The molecule has 0 bridgehead atoms. The number of carbonyl (C=O) groups excluding carboxylic acids is 7. The number of hydrogen-bond acceptors (Lipinski definition) is 12. The number of nitrogens with zero attached hydrogens (tertiary/aromatic N) is 2. The number of primary amides is 1. The van der Waals surface area contributed by atoms with E-state index in [1.807, 2.05) is 30.5 Å². The maximum Gasteiger partial charge on any atom is 0.305 e. The number of fused-ring (bicyclic) bond motifs is 2. The first-order valence-electron chi connectivity index (χ1n) is 20.7. The van der Waals surface area contributed by atoms with Crippen molar-refractivity contribution in [2.24, 2.45) is 5.73 Å². The molecule has 1 aromatic carbocycles. The quantitative estimate of drug-likeness (QED) is 0.0774. The molecule has 4 heterocycles. The minimum Gasteiger partial charge on any atom is -0.481 e. The van der Waals surface area contributed by atoms with Gasteiger partial charge in [-0.25, -0.2) is 0 Å². The van der Waals surface area contributed by atoms with Gasteiger partial charge in [0.15, 0.2) is 0 Å². The van der Waals surface area contributed by atoms with E-state index in [9.17, 15) is 43.5 Å². The highest BCUT2D eigenvalue weighted by Crippen LogP contribution is 2.27. The van der Waals surface area contributed by atoms with E-state index >= 15 is 0 Å². The fraction of sp³-hybridized carbons (Fsp3) is 0.600. The number of nitrogens with two attached hydrogens (primary N) is 1. The first-order valence-corrected chi connectivity index (χ1v) is 23.2. The molecule has 3 fully saturated rings. The average molecular weight is 905 g/mol. The molecule has 3 aliphatic rings. The number of aliphatic carboxylic acids is 1. The van der Waals surface area contributed by atoms with Crippen molar-refractivity contribution in [3.8, 4) is 0 Å². The monoisotopic (exact) mass is 904 g/mol. The minimum absolute atomic E-state index is 0.00768. The standard InChI is InChI=1S/C40H57N9O11S2/c1-24-40(58)48-21-26(60-22-25-19-42-28-8-4-3-7-27(25)28)17-32(48)39(57)47-31(36(41)54)23-62-61-16-10-33(50)45-29(9-5-6-11-49(2)12-14-59-15-13-49)37(55)43-20-34(51)46-30(18-35(52)53)38(56)44-24/h3-4,7-8,19,24,26,29-32,42H,5-6,9-18,20-23H2,1-2H3,(H7-,41,43,44,45,46,47,50,51,52,53,54,55,56,57)/p+1/t24-,26?,29-,30-,31?,32?/m0/s1. The average Bonchev–Trinajstić information content (AvgIpc) is 3.86. The highest BCUT2D eigenvalue weighted by atomic mass is 33.1. The van der Waals surface area contributed by atoms with E-state index < -0.39 is 96.6 Å². The van der Waals surface area contributed by atoms with Gasteiger partial charge in [0.05, 0.1) is 52.5 Å². The Morgan fingerprint density at radius 1 is 0.952 bits per heavy atom. The molecule has 7 amide bonds. The van der Waals surface area contributed by atoms with Gasteiger partial charge in [-0.05, 0) is 32.3 Å². The van der Waals surface area contributed by atoms with E-state index in [1.165, 1.54) is 33.4 Å². The maximum absolute atomic E-state index is 14.0. The van der Waals surface area contributed by atoms with Crippen molar-refractivity contribution in [1.82, 2.24) is 36.5 Å². The Morgan fingerprint density at radius 3 is 2.44 bits per heavy atom. The lowest BCUT2D eigenvalue weighted by molar-refractivity contribution is -0.917. The van der Waals surface area contributed by atoms with Gasteiger partial charge in [-0.1, -0.05) is 39.8 Å². The number of morpholine rings is 1. The van der Waals surface area contributed by atoms with E-state index in [4.69, 9.17) is 15.2 Å². The smallest absolute Gasteiger partial charge is 0.305 e. The van der Waals surface area contributed by atoms with Crippen molar-refractivity contribution < 1.29 is 57.4 Å². The van der Waals surface area contributed by atoms with Crippen molar-refractivity contribution in [3.05, 3.63) is 36.0 Å². The highest BCUT2D eigenvalue weighted by molar-refractivity contribution is 8.76. The molecule has 0 saturated carbocycles. The summed E-state index contributed by atoms with van der Waals surface area (Å²) in [5.74, 6) is -6.22. The Kier molecular flexibility index (Phi) is 17.8. The maximum atomic E-state index is 14.0. The number of unbranched alkanes of at least 4 members (excludes halogenated alkanes) is 1. The summed E-state index contributed by atoms with van der Waals surface area (Å²) in [6.07, 6.45) is 2.02. The zero-order valence-electron chi connectivity index (χ0n) is 35.0. The number of aromatic amines is 1. The van der Waals surface area contributed by atoms with Gasteiger partial charge >= 0.3 is 5.97 Å². The third kappa shape index (κ3) is 14.1. The van der Waals surface area contributed by atoms with E-state index in [0.29, 0.717) is 19.6 Å². The second-order valence-electron chi connectivity index (χ2n) is 16.0. The van der Waals surface area contributed by atoms with E-state index in [-0.39, 0.29) is 43.9 Å². The van der Waals surface area contributed by atoms with Crippen molar-refractivity contribution in [1.29, 1.82) is 0 Å². The lowest BCUT2D eigenvalue weighted by Gasteiger charge is -2.37. The van der Waals surface area contributed by atoms with Crippen LogP contribution in [0.25, 0.3) is 10.9 Å². The summed E-state index contributed by atoms with van der Waals surface area (Å²) < 4.78 is 12.5. The second-order valence-corrected chi connectivity index (χ2v) is 18.7. The Balaban J connectivity index is 1.30. The summed E-state index contributed by atoms with van der Waals surface area (Å²) in [5.41, 5.74) is 7.46. The third-order valence-corrected chi connectivity index (χ3v) is 13.6. The molecule has 3 aliphatic heterocycles. The van der Waals surface area contributed by atoms with Gasteiger partial charge in [-0.3, -0.25) is 38.4 Å². The predicted molar refractivity (Wildman–Crippen MR) is 230 cm³/mol. The Bertz CT molecular complexity index is 1940. The number of benzene rings is 1. The molecule has 3 unspecified atom stereocenters. The van der Waals surface area contributed by atoms with Gasteiger partial charge in [-0.15, -0.1) is 0 Å². The van der Waals surface area contributed by atoms with E-state index in [0.717, 1.165) is 47.0 Å². The number of carbonyl (C=O) groups is 8. The molecule has 6 atom stereocenters. The molecule has 22 heteroatoms. The molecule has 0 radical (unpaired) electrons. The van der Waals surface area contributed by atoms with Crippen molar-refractivity contribution in [2.45, 2.75) is 88.4 Å². The van der Waals surface area contributed by atoms with Gasteiger partial charge in [-0.2, -0.15) is 0 Å². The minimum atomic E-state index is -1.65. The lowest BCUT2D eigenvalue weighted by Crippen LogP contribution is -2.58. The molecule has 1 aromatic heterocycles. The fourth-order valence-corrected chi connectivity index (χ4v) is 9.74. The SMILES string of the molecule is C[C@@H]1NC(=O)[C@H](CC(=O)O)NC(=O)CNC(=O)[C@H](CCCC[N+]2(C)CCOCC2)NC(=O)CCSSCC(C(N)=O)NC(=O)C2CC(OCc3c[nH]c4ccccc34)CN2C1=O. The number of H-pyrrole nitrogens is 1. The number of para-hydroxylation sites is 1.